The van der Waals surface area contributed by atoms with Gasteiger partial charge in [0, 0.05) is 44.0 Å². The normalized spacial score (nSPS) is 14.2. The Morgan fingerprint density at radius 3 is 2.90 bits per heavy atom. The van der Waals surface area contributed by atoms with Gasteiger partial charge in [-0.25, -0.2) is 0 Å². The van der Waals surface area contributed by atoms with Gasteiger partial charge in [0.2, 0.25) is 0 Å². The van der Waals surface area contributed by atoms with Gasteiger partial charge in [-0.15, -0.1) is 0 Å². The summed E-state index contributed by atoms with van der Waals surface area (Å²) in [6.07, 6.45) is 4.32. The minimum absolute atomic E-state index is 0.464. The molecule has 0 unspecified atom stereocenters. The molecule has 0 radical (unpaired) electrons. The molecule has 21 heavy (non-hydrogen) atoms. The fraction of sp³-hybridized carbons (Fsp3) is 0.412. The number of nitrogens with zero attached hydrogens (tertiary/aromatic N) is 1. The maximum atomic E-state index is 5.86. The van der Waals surface area contributed by atoms with Crippen LogP contribution in [0.1, 0.15) is 24.2 Å². The van der Waals surface area contributed by atoms with Crippen LogP contribution in [0.2, 0.25) is 0 Å². The van der Waals surface area contributed by atoms with Crippen LogP contribution in [0.4, 0.5) is 5.69 Å². The first-order valence-corrected chi connectivity index (χ1v) is 7.41. The van der Waals surface area contributed by atoms with E-state index in [0.717, 1.165) is 23.7 Å². The van der Waals surface area contributed by atoms with Crippen LogP contribution in [0.25, 0.3) is 0 Å². The molecule has 1 aromatic carbocycles. The number of furan rings is 1. The highest BCUT2D eigenvalue weighted by Crippen LogP contribution is 2.23. The van der Waals surface area contributed by atoms with Crippen LogP contribution in [0.15, 0.2) is 41.0 Å². The van der Waals surface area contributed by atoms with Crippen LogP contribution in [0, 0.1) is 0 Å². The Kier molecular flexibility index (Phi) is 4.15. The lowest BCUT2D eigenvalue weighted by atomic mass is 10.2. The molecule has 112 valence electrons. The number of nitrogens with one attached hydrogen (secondary N) is 1. The zero-order valence-corrected chi connectivity index (χ0v) is 12.6. The molecular weight excluding hydrogens is 264 g/mol. The maximum absolute atomic E-state index is 5.86. The van der Waals surface area contributed by atoms with Gasteiger partial charge in [-0.2, -0.15) is 0 Å². The average molecular weight is 286 g/mol. The number of hydrogen-bond acceptors (Lipinski definition) is 4. The van der Waals surface area contributed by atoms with Gasteiger partial charge in [0.05, 0.1) is 6.26 Å². The van der Waals surface area contributed by atoms with Crippen molar-refractivity contribution in [2.75, 3.05) is 19.0 Å². The molecule has 0 spiro atoms. The van der Waals surface area contributed by atoms with Gasteiger partial charge < -0.3 is 19.4 Å². The van der Waals surface area contributed by atoms with Gasteiger partial charge in [0.15, 0.2) is 0 Å². The fourth-order valence-electron chi connectivity index (χ4n) is 2.19. The number of ether oxygens (including phenoxy) is 1. The van der Waals surface area contributed by atoms with Crippen LogP contribution in [-0.4, -0.2) is 20.1 Å². The van der Waals surface area contributed by atoms with Crippen LogP contribution < -0.4 is 15.0 Å². The maximum Gasteiger partial charge on any atom is 0.146 e. The molecule has 0 aliphatic heterocycles. The molecule has 1 aromatic heterocycles. The number of rotatable bonds is 7. The van der Waals surface area contributed by atoms with Gasteiger partial charge in [-0.05, 0) is 31.0 Å². The van der Waals surface area contributed by atoms with Crippen molar-refractivity contribution >= 4 is 5.69 Å². The van der Waals surface area contributed by atoms with Gasteiger partial charge in [0.25, 0.3) is 0 Å². The predicted molar refractivity (Wildman–Crippen MR) is 83.7 cm³/mol. The summed E-state index contributed by atoms with van der Waals surface area (Å²) in [4.78, 5) is 2.06. The smallest absolute Gasteiger partial charge is 0.146 e. The van der Waals surface area contributed by atoms with E-state index in [9.17, 15) is 0 Å². The molecule has 0 atom stereocenters. The molecule has 2 aromatic rings. The number of anilines is 1. The molecule has 0 bridgehead atoms. The Balaban J connectivity index is 1.59. The van der Waals surface area contributed by atoms with E-state index in [-0.39, 0.29) is 0 Å². The SMILES string of the molecule is CN(C)c1cccc(OCc2occc2CNC2CC2)c1. The Bertz CT molecular complexity index is 588. The highest BCUT2D eigenvalue weighted by Gasteiger charge is 2.21. The topological polar surface area (TPSA) is 37.6 Å². The van der Waals surface area contributed by atoms with E-state index in [4.69, 9.17) is 9.15 Å². The van der Waals surface area contributed by atoms with Crippen LogP contribution in [-0.2, 0) is 13.2 Å². The third kappa shape index (κ3) is 3.79. The third-order valence-electron chi connectivity index (χ3n) is 3.70. The molecule has 1 N–H and O–H groups in total. The minimum atomic E-state index is 0.464. The zero-order valence-electron chi connectivity index (χ0n) is 12.6. The molecule has 0 amide bonds. The van der Waals surface area contributed by atoms with Crippen LogP contribution in [0.5, 0.6) is 5.75 Å². The molecule has 3 rings (SSSR count). The van der Waals surface area contributed by atoms with Crippen molar-refractivity contribution in [3.05, 3.63) is 47.9 Å². The van der Waals surface area contributed by atoms with Gasteiger partial charge in [0.1, 0.15) is 18.1 Å². The average Bonchev–Trinajstić information content (AvgIpc) is 3.21. The quantitative estimate of drug-likeness (QED) is 0.848. The Morgan fingerprint density at radius 2 is 2.14 bits per heavy atom. The van der Waals surface area contributed by atoms with Gasteiger partial charge in [-0.3, -0.25) is 0 Å². The van der Waals surface area contributed by atoms with Crippen molar-refractivity contribution in [2.45, 2.75) is 32.0 Å². The summed E-state index contributed by atoms with van der Waals surface area (Å²) in [7, 11) is 4.04. The minimum Gasteiger partial charge on any atom is -0.486 e. The summed E-state index contributed by atoms with van der Waals surface area (Å²) < 4.78 is 11.4. The van der Waals surface area contributed by atoms with Crippen molar-refractivity contribution in [2.24, 2.45) is 0 Å². The summed E-state index contributed by atoms with van der Waals surface area (Å²) in [5.41, 5.74) is 2.31. The van der Waals surface area contributed by atoms with E-state index in [1.165, 1.54) is 18.4 Å². The molecule has 1 aliphatic rings. The summed E-state index contributed by atoms with van der Waals surface area (Å²) in [5.74, 6) is 1.76. The third-order valence-corrected chi connectivity index (χ3v) is 3.70. The van der Waals surface area contributed by atoms with Crippen LogP contribution >= 0.6 is 0 Å². The monoisotopic (exact) mass is 286 g/mol. The van der Waals surface area contributed by atoms with Gasteiger partial charge >= 0.3 is 0 Å². The lowest BCUT2D eigenvalue weighted by Crippen LogP contribution is -2.16. The number of hydrogen-bond donors (Lipinski definition) is 1. The molecule has 1 fully saturated rings. The Morgan fingerprint density at radius 1 is 1.29 bits per heavy atom. The van der Waals surface area contributed by atoms with Crippen LogP contribution in [0.3, 0.4) is 0 Å². The second kappa shape index (κ2) is 6.22. The summed E-state index contributed by atoms with van der Waals surface area (Å²) in [6.45, 7) is 1.32. The lowest BCUT2D eigenvalue weighted by molar-refractivity contribution is 0.268. The van der Waals surface area contributed by atoms with E-state index >= 15 is 0 Å². The van der Waals surface area contributed by atoms with E-state index in [1.54, 1.807) is 6.26 Å². The molecule has 4 heteroatoms. The van der Waals surface area contributed by atoms with E-state index < -0.39 is 0 Å². The molecule has 4 nitrogen and oxygen atoms in total. The highest BCUT2D eigenvalue weighted by molar-refractivity contribution is 5.49. The first-order valence-electron chi connectivity index (χ1n) is 7.41. The Hall–Kier alpha value is -1.94. The van der Waals surface area contributed by atoms with E-state index in [1.807, 2.05) is 38.4 Å². The second-order valence-corrected chi connectivity index (χ2v) is 5.70. The predicted octanol–water partition coefficient (Wildman–Crippen LogP) is 3.18. The first-order chi connectivity index (χ1) is 10.2. The lowest BCUT2D eigenvalue weighted by Gasteiger charge is -2.14. The summed E-state index contributed by atoms with van der Waals surface area (Å²) in [5, 5.41) is 3.50. The molecule has 0 saturated heterocycles. The summed E-state index contributed by atoms with van der Waals surface area (Å²) in [6, 6.07) is 10.8. The zero-order chi connectivity index (χ0) is 14.7. The standard InChI is InChI=1S/C17H22N2O2/c1-19(2)15-4-3-5-16(10-15)21-12-17-13(8-9-20-17)11-18-14-6-7-14/h3-5,8-10,14,18H,6-7,11-12H2,1-2H3. The molecule has 1 aliphatic carbocycles. The molecule has 1 saturated carbocycles. The molecule has 1 heterocycles. The fourth-order valence-corrected chi connectivity index (χ4v) is 2.19. The molecular formula is C17H22N2O2. The second-order valence-electron chi connectivity index (χ2n) is 5.70. The Labute approximate surface area is 125 Å². The van der Waals surface area contributed by atoms with Crippen molar-refractivity contribution in [3.63, 3.8) is 0 Å². The van der Waals surface area contributed by atoms with Crippen molar-refractivity contribution in [1.29, 1.82) is 0 Å². The van der Waals surface area contributed by atoms with Crippen molar-refractivity contribution in [3.8, 4) is 5.75 Å². The van der Waals surface area contributed by atoms with Crippen molar-refractivity contribution in [1.82, 2.24) is 5.32 Å². The largest absolute Gasteiger partial charge is 0.486 e. The van der Waals surface area contributed by atoms with E-state index in [2.05, 4.69) is 16.3 Å². The number of benzene rings is 1. The summed E-state index contributed by atoms with van der Waals surface area (Å²) >= 11 is 0. The van der Waals surface area contributed by atoms with Crippen molar-refractivity contribution < 1.29 is 9.15 Å². The first kappa shape index (κ1) is 14.0. The van der Waals surface area contributed by atoms with Gasteiger partial charge in [-0.1, -0.05) is 6.07 Å². The van der Waals surface area contributed by atoms with E-state index in [0.29, 0.717) is 12.6 Å². The highest BCUT2D eigenvalue weighted by atomic mass is 16.5.